The molecule has 0 aliphatic carbocycles. The van der Waals surface area contributed by atoms with E-state index in [1.807, 2.05) is 20.8 Å². The predicted octanol–water partition coefficient (Wildman–Crippen LogP) is 1.63. The van der Waals surface area contributed by atoms with Crippen LogP contribution in [0.25, 0.3) is 0 Å². The minimum absolute atomic E-state index is 0.0900. The average Bonchev–Trinajstić information content (AvgIpc) is 2.73. The van der Waals surface area contributed by atoms with Crippen molar-refractivity contribution in [3.63, 3.8) is 0 Å². The lowest BCUT2D eigenvalue weighted by molar-refractivity contribution is 0.0693. The molecule has 1 aromatic rings. The molecule has 1 rings (SSSR count). The van der Waals surface area contributed by atoms with Gasteiger partial charge in [-0.25, -0.2) is 4.98 Å². The Balaban J connectivity index is 2.81. The van der Waals surface area contributed by atoms with Crippen molar-refractivity contribution in [1.82, 2.24) is 20.1 Å². The van der Waals surface area contributed by atoms with E-state index in [9.17, 15) is 4.79 Å². The Morgan fingerprint density at radius 3 is 2.56 bits per heavy atom. The van der Waals surface area contributed by atoms with Crippen LogP contribution in [0.15, 0.2) is 0 Å². The van der Waals surface area contributed by atoms with Gasteiger partial charge in [0.15, 0.2) is 0 Å². The Kier molecular flexibility index (Phi) is 4.46. The molecule has 0 bridgehead atoms. The van der Waals surface area contributed by atoms with Gasteiger partial charge in [0.1, 0.15) is 5.82 Å². The van der Waals surface area contributed by atoms with Crippen molar-refractivity contribution in [1.29, 1.82) is 0 Å². The third-order valence-electron chi connectivity index (χ3n) is 2.41. The first-order valence-electron chi connectivity index (χ1n) is 5.82. The quantitative estimate of drug-likeness (QED) is 0.826. The fraction of sp³-hybridized carbons (Fsp3) is 0.727. The second-order valence-corrected chi connectivity index (χ2v) is 4.05. The summed E-state index contributed by atoms with van der Waals surface area (Å²) in [5.74, 6) is 0.940. The number of carbonyl (C=O) groups excluding carboxylic acids is 1. The molecule has 0 radical (unpaired) electrons. The summed E-state index contributed by atoms with van der Waals surface area (Å²) in [6, 6.07) is 0.177. The van der Waals surface area contributed by atoms with Gasteiger partial charge in [-0.15, -0.1) is 5.10 Å². The zero-order chi connectivity index (χ0) is 12.1. The summed E-state index contributed by atoms with van der Waals surface area (Å²) in [7, 11) is 0. The van der Waals surface area contributed by atoms with Gasteiger partial charge in [0.2, 0.25) is 5.82 Å². The summed E-state index contributed by atoms with van der Waals surface area (Å²) in [5, 5.41) is 6.71. The van der Waals surface area contributed by atoms with Crippen LogP contribution in [-0.4, -0.2) is 38.6 Å². The average molecular weight is 224 g/mol. The maximum atomic E-state index is 12.1. The molecule has 0 atom stereocenters. The highest BCUT2D eigenvalue weighted by atomic mass is 16.2. The smallest absolute Gasteiger partial charge is 0.293 e. The number of nitrogens with zero attached hydrogens (tertiary/aromatic N) is 3. The van der Waals surface area contributed by atoms with Gasteiger partial charge in [-0.05, 0) is 20.3 Å². The number of aryl methyl sites for hydroxylation is 1. The van der Waals surface area contributed by atoms with Gasteiger partial charge in [0.05, 0.1) is 0 Å². The maximum Gasteiger partial charge on any atom is 0.293 e. The van der Waals surface area contributed by atoms with Crippen molar-refractivity contribution >= 4 is 5.91 Å². The Bertz CT molecular complexity index is 346. The van der Waals surface area contributed by atoms with Crippen LogP contribution >= 0.6 is 0 Å². The van der Waals surface area contributed by atoms with E-state index < -0.39 is 0 Å². The van der Waals surface area contributed by atoms with E-state index >= 15 is 0 Å². The molecule has 5 nitrogen and oxygen atoms in total. The molecular weight excluding hydrogens is 204 g/mol. The van der Waals surface area contributed by atoms with Gasteiger partial charge >= 0.3 is 0 Å². The van der Waals surface area contributed by atoms with Crippen molar-refractivity contribution in [2.75, 3.05) is 6.54 Å². The number of aromatic nitrogens is 3. The van der Waals surface area contributed by atoms with Crippen LogP contribution in [0.4, 0.5) is 0 Å². The minimum atomic E-state index is -0.0900. The molecule has 0 aromatic carbocycles. The van der Waals surface area contributed by atoms with E-state index in [-0.39, 0.29) is 17.8 Å². The van der Waals surface area contributed by atoms with Crippen LogP contribution in [0.2, 0.25) is 0 Å². The van der Waals surface area contributed by atoms with E-state index in [1.54, 1.807) is 4.90 Å². The molecule has 16 heavy (non-hydrogen) atoms. The van der Waals surface area contributed by atoms with Gasteiger partial charge in [-0.1, -0.05) is 13.8 Å². The number of rotatable bonds is 5. The lowest BCUT2D eigenvalue weighted by Gasteiger charge is -2.24. The van der Waals surface area contributed by atoms with Crippen LogP contribution < -0.4 is 0 Å². The molecule has 1 N–H and O–H groups in total. The van der Waals surface area contributed by atoms with E-state index in [2.05, 4.69) is 22.1 Å². The van der Waals surface area contributed by atoms with Gasteiger partial charge in [0, 0.05) is 19.0 Å². The fourth-order valence-corrected chi connectivity index (χ4v) is 1.51. The highest BCUT2D eigenvalue weighted by Gasteiger charge is 2.21. The van der Waals surface area contributed by atoms with Crippen LogP contribution in [0, 0.1) is 0 Å². The largest absolute Gasteiger partial charge is 0.333 e. The van der Waals surface area contributed by atoms with Crippen LogP contribution in [-0.2, 0) is 6.42 Å². The monoisotopic (exact) mass is 224 g/mol. The van der Waals surface area contributed by atoms with Crippen LogP contribution in [0.5, 0.6) is 0 Å². The molecule has 0 fully saturated rings. The second kappa shape index (κ2) is 5.63. The van der Waals surface area contributed by atoms with E-state index in [0.717, 1.165) is 25.2 Å². The Morgan fingerprint density at radius 1 is 1.44 bits per heavy atom. The first-order valence-corrected chi connectivity index (χ1v) is 5.82. The zero-order valence-corrected chi connectivity index (χ0v) is 10.4. The van der Waals surface area contributed by atoms with Crippen LogP contribution in [0.1, 0.15) is 50.6 Å². The molecular formula is C11H20N4O. The fourth-order valence-electron chi connectivity index (χ4n) is 1.51. The molecule has 0 aliphatic heterocycles. The third kappa shape index (κ3) is 2.81. The number of amides is 1. The second-order valence-electron chi connectivity index (χ2n) is 4.05. The van der Waals surface area contributed by atoms with Crippen LogP contribution in [0.3, 0.4) is 0 Å². The number of nitrogens with one attached hydrogen (secondary N) is 1. The highest BCUT2D eigenvalue weighted by molar-refractivity contribution is 5.90. The summed E-state index contributed by atoms with van der Waals surface area (Å²) in [5.41, 5.74) is 0. The molecule has 0 saturated heterocycles. The molecule has 0 aliphatic rings. The summed E-state index contributed by atoms with van der Waals surface area (Å²) in [4.78, 5) is 18.0. The first kappa shape index (κ1) is 12.7. The predicted molar refractivity (Wildman–Crippen MR) is 62.2 cm³/mol. The number of hydrogen-bond donors (Lipinski definition) is 1. The van der Waals surface area contributed by atoms with Crippen molar-refractivity contribution in [3.05, 3.63) is 11.6 Å². The standard InChI is InChI=1S/C11H20N4O/c1-5-7-15(8(3)4)11(16)10-12-9(6-2)13-14-10/h8H,5-7H2,1-4H3,(H,12,13,14). The normalized spacial score (nSPS) is 10.8. The third-order valence-corrected chi connectivity index (χ3v) is 2.41. The highest BCUT2D eigenvalue weighted by Crippen LogP contribution is 2.06. The van der Waals surface area contributed by atoms with Crippen molar-refractivity contribution in [2.24, 2.45) is 0 Å². The van der Waals surface area contributed by atoms with Crippen molar-refractivity contribution in [3.8, 4) is 0 Å². The summed E-state index contributed by atoms with van der Waals surface area (Å²) < 4.78 is 0. The summed E-state index contributed by atoms with van der Waals surface area (Å²) in [6.45, 7) is 8.77. The van der Waals surface area contributed by atoms with Gasteiger partial charge in [0.25, 0.3) is 5.91 Å². The number of aromatic amines is 1. The topological polar surface area (TPSA) is 61.9 Å². The Morgan fingerprint density at radius 2 is 2.12 bits per heavy atom. The zero-order valence-electron chi connectivity index (χ0n) is 10.4. The lowest BCUT2D eigenvalue weighted by atomic mass is 10.3. The molecule has 90 valence electrons. The first-order chi connectivity index (χ1) is 7.60. The SMILES string of the molecule is CCCN(C(=O)c1n[nH]c(CC)n1)C(C)C. The number of hydrogen-bond acceptors (Lipinski definition) is 3. The van der Waals surface area contributed by atoms with E-state index in [0.29, 0.717) is 0 Å². The maximum absolute atomic E-state index is 12.1. The summed E-state index contributed by atoms with van der Waals surface area (Å²) >= 11 is 0. The van der Waals surface area contributed by atoms with E-state index in [1.165, 1.54) is 0 Å². The molecule has 5 heteroatoms. The molecule has 1 aromatic heterocycles. The van der Waals surface area contributed by atoms with Crippen molar-refractivity contribution in [2.45, 2.75) is 46.6 Å². The number of H-pyrrole nitrogens is 1. The van der Waals surface area contributed by atoms with Gasteiger partial charge in [-0.2, -0.15) is 0 Å². The Hall–Kier alpha value is -1.39. The van der Waals surface area contributed by atoms with Gasteiger partial charge in [-0.3, -0.25) is 9.89 Å². The van der Waals surface area contributed by atoms with Crippen molar-refractivity contribution < 1.29 is 4.79 Å². The molecule has 1 amide bonds. The number of carbonyl (C=O) groups is 1. The molecule has 1 heterocycles. The molecule has 0 spiro atoms. The van der Waals surface area contributed by atoms with E-state index in [4.69, 9.17) is 0 Å². The minimum Gasteiger partial charge on any atom is -0.333 e. The molecule has 0 unspecified atom stereocenters. The Labute approximate surface area is 96.3 Å². The summed E-state index contributed by atoms with van der Waals surface area (Å²) in [6.07, 6.45) is 1.70. The van der Waals surface area contributed by atoms with Gasteiger partial charge < -0.3 is 4.90 Å². The lowest BCUT2D eigenvalue weighted by Crippen LogP contribution is -2.38. The molecule has 0 saturated carbocycles.